The number of rotatable bonds is 4. The summed E-state index contributed by atoms with van der Waals surface area (Å²) in [6.45, 7) is 3.79. The molecular weight excluding hydrogens is 306 g/mol. The molecule has 0 saturated heterocycles. The van der Waals surface area contributed by atoms with E-state index in [1.54, 1.807) is 0 Å². The van der Waals surface area contributed by atoms with Crippen molar-refractivity contribution in [3.8, 4) is 0 Å². The lowest BCUT2D eigenvalue weighted by atomic mass is 9.97. The maximum atomic E-state index is 12.6. The molecule has 124 valence electrons. The number of carbonyl (C=O) groups is 2. The van der Waals surface area contributed by atoms with Crippen molar-refractivity contribution in [3.63, 3.8) is 0 Å². The number of carbonyl (C=O) groups excluding carboxylic acids is 2. The summed E-state index contributed by atoms with van der Waals surface area (Å²) >= 11 is 0. The Kier molecular flexibility index (Phi) is 3.64. The average Bonchev–Trinajstić information content (AvgIpc) is 3.01. The quantitative estimate of drug-likeness (QED) is 0.688. The van der Waals surface area contributed by atoms with Gasteiger partial charge in [0.05, 0.1) is 25.4 Å². The highest BCUT2D eigenvalue weighted by Crippen LogP contribution is 2.48. The highest BCUT2D eigenvalue weighted by atomic mass is 16.5. The van der Waals surface area contributed by atoms with Crippen LogP contribution in [0.2, 0.25) is 0 Å². The number of amides is 1. The Morgan fingerprint density at radius 3 is 2.54 bits per heavy atom. The zero-order chi connectivity index (χ0) is 17.6. The Morgan fingerprint density at radius 2 is 1.92 bits per heavy atom. The largest absolute Gasteiger partial charge is 0.363 e. The fourth-order valence-corrected chi connectivity index (χ4v) is 3.42. The highest BCUT2D eigenvalue weighted by Gasteiger charge is 2.46. The number of para-hydroxylation sites is 1. The second-order valence-electron chi connectivity index (χ2n) is 6.31. The standard InChI is InChI=1S/C18H19N3O3/c1-5-13-14(10(2)20-24-13)16-15(17(22)18(19)23)11-8-6-7-9-12(11)21(16,3)4/h6-9H,5H2,1-4H3,(H-,19,23)/p+1. The highest BCUT2D eigenvalue weighted by molar-refractivity contribution is 6.56. The van der Waals surface area contributed by atoms with Gasteiger partial charge in [-0.05, 0) is 13.0 Å². The van der Waals surface area contributed by atoms with Gasteiger partial charge in [0, 0.05) is 12.5 Å². The minimum Gasteiger partial charge on any atom is -0.363 e. The third-order valence-corrected chi connectivity index (χ3v) is 4.51. The number of hydrogen-bond acceptors (Lipinski definition) is 4. The Labute approximate surface area is 140 Å². The normalized spacial score (nSPS) is 15.5. The minimum atomic E-state index is -0.966. The Balaban J connectivity index is 2.42. The van der Waals surface area contributed by atoms with Crippen molar-refractivity contribution >= 4 is 28.6 Å². The number of ketones is 1. The van der Waals surface area contributed by atoms with Crippen LogP contribution in [-0.4, -0.2) is 30.9 Å². The van der Waals surface area contributed by atoms with Crippen LogP contribution < -0.4 is 10.2 Å². The van der Waals surface area contributed by atoms with Gasteiger partial charge in [0.25, 0.3) is 11.7 Å². The molecule has 0 fully saturated rings. The minimum absolute atomic E-state index is 0.319. The predicted molar refractivity (Wildman–Crippen MR) is 91.7 cm³/mol. The van der Waals surface area contributed by atoms with Crippen LogP contribution in [0.25, 0.3) is 11.3 Å². The second kappa shape index (κ2) is 5.42. The molecule has 2 N–H and O–H groups in total. The lowest BCUT2D eigenvalue weighted by Gasteiger charge is -2.27. The maximum Gasteiger partial charge on any atom is 0.290 e. The summed E-state index contributed by atoms with van der Waals surface area (Å²) in [5.41, 5.74) is 9.49. The molecule has 2 heterocycles. The number of nitrogens with zero attached hydrogens (tertiary/aromatic N) is 2. The van der Waals surface area contributed by atoms with Crippen molar-refractivity contribution in [3.05, 3.63) is 46.8 Å². The zero-order valence-corrected chi connectivity index (χ0v) is 14.2. The zero-order valence-electron chi connectivity index (χ0n) is 14.2. The van der Waals surface area contributed by atoms with Crippen LogP contribution in [0.3, 0.4) is 0 Å². The molecule has 6 heteroatoms. The van der Waals surface area contributed by atoms with Gasteiger partial charge >= 0.3 is 0 Å². The predicted octanol–water partition coefficient (Wildman–Crippen LogP) is 2.05. The lowest BCUT2D eigenvalue weighted by Crippen LogP contribution is -2.37. The van der Waals surface area contributed by atoms with Crippen molar-refractivity contribution in [1.29, 1.82) is 0 Å². The Hall–Kier alpha value is -2.73. The van der Waals surface area contributed by atoms with Gasteiger partial charge in [0.1, 0.15) is 22.6 Å². The van der Waals surface area contributed by atoms with E-state index in [9.17, 15) is 9.59 Å². The van der Waals surface area contributed by atoms with Crippen LogP contribution in [0.5, 0.6) is 0 Å². The monoisotopic (exact) mass is 326 g/mol. The van der Waals surface area contributed by atoms with Gasteiger partial charge in [-0.2, -0.15) is 0 Å². The van der Waals surface area contributed by atoms with Crippen LogP contribution in [0.1, 0.15) is 29.5 Å². The first-order chi connectivity index (χ1) is 11.3. The van der Waals surface area contributed by atoms with Crippen molar-refractivity contribution < 1.29 is 14.1 Å². The van der Waals surface area contributed by atoms with E-state index in [1.165, 1.54) is 0 Å². The van der Waals surface area contributed by atoms with E-state index in [1.807, 2.05) is 52.2 Å². The van der Waals surface area contributed by atoms with E-state index in [0.717, 1.165) is 16.8 Å². The number of Topliss-reactive ketones (excluding diaryl/α,β-unsaturated/α-hetero) is 1. The maximum absolute atomic E-state index is 12.6. The molecule has 1 amide bonds. The van der Waals surface area contributed by atoms with E-state index in [0.29, 0.717) is 33.6 Å². The molecule has 2 aromatic rings. The lowest BCUT2D eigenvalue weighted by molar-refractivity contribution is -0.132. The number of fused-ring (bicyclic) bond motifs is 1. The van der Waals surface area contributed by atoms with Crippen LogP contribution in [0, 0.1) is 6.92 Å². The van der Waals surface area contributed by atoms with Crippen molar-refractivity contribution in [2.24, 2.45) is 5.73 Å². The SMILES string of the molecule is CCc1onc(C)c1C1=C(C(=O)C(N)=O)c2ccccc2[N+]1(C)C. The summed E-state index contributed by atoms with van der Waals surface area (Å²) in [6.07, 6.45) is 0.633. The summed E-state index contributed by atoms with van der Waals surface area (Å²) in [7, 11) is 3.95. The molecule has 0 saturated carbocycles. The van der Waals surface area contributed by atoms with Gasteiger partial charge in [0.15, 0.2) is 5.70 Å². The number of aryl methyl sites for hydroxylation is 2. The number of nitrogens with two attached hydrogens (primary N) is 1. The van der Waals surface area contributed by atoms with Gasteiger partial charge in [-0.1, -0.05) is 24.2 Å². The number of benzene rings is 1. The first kappa shape index (κ1) is 16.1. The molecule has 3 rings (SSSR count). The molecule has 1 aliphatic rings. The number of hydrogen-bond donors (Lipinski definition) is 1. The van der Waals surface area contributed by atoms with Gasteiger partial charge in [-0.15, -0.1) is 0 Å². The molecule has 24 heavy (non-hydrogen) atoms. The molecular formula is C18H20N3O3+. The van der Waals surface area contributed by atoms with Crippen LogP contribution in [0.4, 0.5) is 5.69 Å². The fraction of sp³-hybridized carbons (Fsp3) is 0.278. The van der Waals surface area contributed by atoms with Crippen LogP contribution in [0.15, 0.2) is 28.8 Å². The number of primary amides is 1. The summed E-state index contributed by atoms with van der Waals surface area (Å²) in [5, 5.41) is 4.05. The van der Waals surface area contributed by atoms with E-state index in [-0.39, 0.29) is 0 Å². The first-order valence-corrected chi connectivity index (χ1v) is 7.79. The average molecular weight is 326 g/mol. The van der Waals surface area contributed by atoms with Crippen molar-refractivity contribution in [2.45, 2.75) is 20.3 Å². The van der Waals surface area contributed by atoms with Crippen molar-refractivity contribution in [2.75, 3.05) is 14.1 Å². The van der Waals surface area contributed by atoms with Crippen molar-refractivity contribution in [1.82, 2.24) is 9.64 Å². The van der Waals surface area contributed by atoms with Gasteiger partial charge in [-0.25, -0.2) is 0 Å². The molecule has 1 aromatic carbocycles. The molecule has 0 atom stereocenters. The molecule has 1 aromatic heterocycles. The molecule has 6 nitrogen and oxygen atoms in total. The summed E-state index contributed by atoms with van der Waals surface area (Å²) in [6, 6.07) is 7.55. The second-order valence-corrected chi connectivity index (χ2v) is 6.31. The van der Waals surface area contributed by atoms with E-state index in [2.05, 4.69) is 5.16 Å². The topological polar surface area (TPSA) is 86.2 Å². The molecule has 0 aliphatic carbocycles. The molecule has 0 radical (unpaired) electrons. The first-order valence-electron chi connectivity index (χ1n) is 7.79. The van der Waals surface area contributed by atoms with E-state index >= 15 is 0 Å². The van der Waals surface area contributed by atoms with Crippen LogP contribution >= 0.6 is 0 Å². The molecule has 0 spiro atoms. The third-order valence-electron chi connectivity index (χ3n) is 4.51. The van der Waals surface area contributed by atoms with Gasteiger partial charge in [0.2, 0.25) is 0 Å². The Morgan fingerprint density at radius 1 is 1.25 bits per heavy atom. The third kappa shape index (κ3) is 2.11. The fourth-order valence-electron chi connectivity index (χ4n) is 3.42. The van der Waals surface area contributed by atoms with E-state index < -0.39 is 11.7 Å². The smallest absolute Gasteiger partial charge is 0.290 e. The van der Waals surface area contributed by atoms with E-state index in [4.69, 9.17) is 10.3 Å². The molecule has 1 aliphatic heterocycles. The summed E-state index contributed by atoms with van der Waals surface area (Å²) < 4.78 is 5.74. The van der Waals surface area contributed by atoms with Gasteiger partial charge in [-0.3, -0.25) is 14.1 Å². The number of quaternary nitrogens is 1. The number of aromatic nitrogens is 1. The summed E-state index contributed by atoms with van der Waals surface area (Å²) in [5.74, 6) is -0.966. The molecule has 0 unspecified atom stereocenters. The summed E-state index contributed by atoms with van der Waals surface area (Å²) in [4.78, 5) is 24.3. The Bertz CT molecular complexity index is 891. The van der Waals surface area contributed by atoms with Gasteiger partial charge < -0.3 is 10.3 Å². The van der Waals surface area contributed by atoms with Crippen LogP contribution in [-0.2, 0) is 16.0 Å². The molecule has 0 bridgehead atoms.